The van der Waals surface area contributed by atoms with Gasteiger partial charge in [0.25, 0.3) is 11.8 Å². The van der Waals surface area contributed by atoms with Crippen LogP contribution in [0.2, 0.25) is 0 Å². The van der Waals surface area contributed by atoms with Gasteiger partial charge in [-0.25, -0.2) is 9.67 Å². The number of carbonyl (C=O) groups is 2. The number of carbonyl (C=O) groups excluding carboxylic acids is 2. The highest BCUT2D eigenvalue weighted by Gasteiger charge is 2.50. The lowest BCUT2D eigenvalue weighted by atomic mass is 9.59. The largest absolute Gasteiger partial charge is 0.338 e. The molecule has 8 nitrogen and oxygen atoms in total. The number of hydrogen-bond donors (Lipinski definition) is 0. The van der Waals surface area contributed by atoms with Crippen LogP contribution in [0.15, 0.2) is 17.1 Å². The van der Waals surface area contributed by atoms with E-state index in [1.807, 2.05) is 28.8 Å². The Hall–Kier alpha value is -2.29. The van der Waals surface area contributed by atoms with Crippen LogP contribution in [0.5, 0.6) is 0 Å². The van der Waals surface area contributed by atoms with Gasteiger partial charge in [0.1, 0.15) is 5.69 Å². The molecule has 0 aromatic carbocycles. The van der Waals surface area contributed by atoms with Crippen LogP contribution < -0.4 is 0 Å². The Balaban J connectivity index is 1.42. The van der Waals surface area contributed by atoms with Gasteiger partial charge in [0, 0.05) is 31.6 Å². The molecule has 28 heavy (non-hydrogen) atoms. The molecule has 2 fully saturated rings. The molecule has 1 aliphatic carbocycles. The minimum Gasteiger partial charge on any atom is -0.338 e. The molecule has 9 heteroatoms. The first-order valence-corrected chi connectivity index (χ1v) is 10.9. The zero-order valence-electron chi connectivity index (χ0n) is 16.4. The van der Waals surface area contributed by atoms with E-state index in [0.29, 0.717) is 24.5 Å². The number of amides is 2. The fourth-order valence-corrected chi connectivity index (χ4v) is 5.04. The van der Waals surface area contributed by atoms with Crippen molar-refractivity contribution in [2.45, 2.75) is 45.6 Å². The molecule has 1 aliphatic heterocycles. The molecule has 2 aromatic heterocycles. The molecule has 1 spiro atoms. The third-order valence-corrected chi connectivity index (χ3v) is 7.01. The molecular formula is C19H26N6O2S. The third-order valence-electron chi connectivity index (χ3n) is 6.42. The van der Waals surface area contributed by atoms with Crippen LogP contribution in [0.1, 0.15) is 66.5 Å². The second-order valence-corrected chi connectivity index (χ2v) is 8.36. The maximum absolute atomic E-state index is 12.5. The van der Waals surface area contributed by atoms with E-state index in [1.54, 1.807) is 16.6 Å². The summed E-state index contributed by atoms with van der Waals surface area (Å²) in [4.78, 5) is 32.8. The van der Waals surface area contributed by atoms with Gasteiger partial charge in [-0.15, -0.1) is 16.4 Å². The summed E-state index contributed by atoms with van der Waals surface area (Å²) < 4.78 is 1.89. The lowest BCUT2D eigenvalue weighted by Crippen LogP contribution is -2.51. The smallest absolute Gasteiger partial charge is 0.276 e. The molecule has 1 unspecified atom stereocenters. The minimum absolute atomic E-state index is 0.0276. The molecule has 2 aromatic rings. The molecule has 2 amide bonds. The Morgan fingerprint density at radius 1 is 1.21 bits per heavy atom. The predicted octanol–water partition coefficient (Wildman–Crippen LogP) is 2.47. The highest BCUT2D eigenvalue weighted by molar-refractivity contribution is 7.07. The maximum Gasteiger partial charge on any atom is 0.276 e. The van der Waals surface area contributed by atoms with Gasteiger partial charge in [-0.3, -0.25) is 9.59 Å². The number of likely N-dealkylation sites (tertiary alicyclic amines) is 1. The first-order chi connectivity index (χ1) is 13.6. The first kappa shape index (κ1) is 19.0. The van der Waals surface area contributed by atoms with Crippen LogP contribution in [-0.4, -0.2) is 67.8 Å². The predicted molar refractivity (Wildman–Crippen MR) is 105 cm³/mol. The van der Waals surface area contributed by atoms with Crippen LogP contribution in [0, 0.1) is 5.41 Å². The van der Waals surface area contributed by atoms with Crippen molar-refractivity contribution in [2.24, 2.45) is 5.41 Å². The molecule has 2 aliphatic rings. The number of aromatic nitrogens is 4. The number of thiazole rings is 1. The second-order valence-electron chi connectivity index (χ2n) is 7.64. The van der Waals surface area contributed by atoms with Crippen LogP contribution in [0.4, 0.5) is 0 Å². The van der Waals surface area contributed by atoms with Gasteiger partial charge in [0.05, 0.1) is 17.7 Å². The van der Waals surface area contributed by atoms with Gasteiger partial charge >= 0.3 is 0 Å². The van der Waals surface area contributed by atoms with Crippen LogP contribution >= 0.6 is 11.3 Å². The van der Waals surface area contributed by atoms with Crippen molar-refractivity contribution in [3.63, 3.8) is 0 Å². The monoisotopic (exact) mass is 402 g/mol. The highest BCUT2D eigenvalue weighted by atomic mass is 32.1. The molecule has 150 valence electrons. The molecule has 0 radical (unpaired) electrons. The SMILES string of the molecule is CCN(CC)C(=O)c1cn(C2CCC23CCN(C(=O)c2cscn2)CC3)nn1. The Kier molecular flexibility index (Phi) is 5.18. The third kappa shape index (κ3) is 3.21. The Morgan fingerprint density at radius 3 is 2.54 bits per heavy atom. The highest BCUT2D eigenvalue weighted by Crippen LogP contribution is 2.56. The number of hydrogen-bond acceptors (Lipinski definition) is 6. The molecule has 1 saturated carbocycles. The summed E-state index contributed by atoms with van der Waals surface area (Å²) in [5.41, 5.74) is 2.81. The van der Waals surface area contributed by atoms with Crippen molar-refractivity contribution in [1.29, 1.82) is 0 Å². The summed E-state index contributed by atoms with van der Waals surface area (Å²) >= 11 is 1.45. The lowest BCUT2D eigenvalue weighted by Gasteiger charge is -2.53. The van der Waals surface area contributed by atoms with Crippen LogP contribution in [0.3, 0.4) is 0 Å². The average molecular weight is 403 g/mol. The van der Waals surface area contributed by atoms with E-state index in [1.165, 1.54) is 11.3 Å². The van der Waals surface area contributed by atoms with Crippen molar-refractivity contribution >= 4 is 23.2 Å². The Bertz CT molecular complexity index is 836. The van der Waals surface area contributed by atoms with Gasteiger partial charge in [0.15, 0.2) is 5.69 Å². The van der Waals surface area contributed by atoms with E-state index in [-0.39, 0.29) is 23.3 Å². The number of nitrogens with zero attached hydrogens (tertiary/aromatic N) is 6. The summed E-state index contributed by atoms with van der Waals surface area (Å²) in [6.45, 7) is 6.75. The first-order valence-electron chi connectivity index (χ1n) is 9.96. The van der Waals surface area contributed by atoms with Crippen LogP contribution in [0.25, 0.3) is 0 Å². The van der Waals surface area contributed by atoms with E-state index in [9.17, 15) is 9.59 Å². The zero-order chi connectivity index (χ0) is 19.7. The summed E-state index contributed by atoms with van der Waals surface area (Å²) in [7, 11) is 0. The van der Waals surface area contributed by atoms with Crippen molar-refractivity contribution in [2.75, 3.05) is 26.2 Å². The molecule has 3 heterocycles. The standard InChI is InChI=1S/C19H26N6O2S/c1-3-23(4-2)17(26)14-11-25(22-21-14)16-5-6-19(16)7-9-24(10-8-19)18(27)15-12-28-13-20-15/h11-13,16H,3-10H2,1-2H3. The molecule has 1 atom stereocenters. The summed E-state index contributed by atoms with van der Waals surface area (Å²) in [5, 5.41) is 10.2. The van der Waals surface area contributed by atoms with Crippen molar-refractivity contribution < 1.29 is 9.59 Å². The zero-order valence-corrected chi connectivity index (χ0v) is 17.2. The molecule has 1 saturated heterocycles. The fraction of sp³-hybridized carbons (Fsp3) is 0.632. The molecule has 0 N–H and O–H groups in total. The van der Waals surface area contributed by atoms with E-state index in [0.717, 1.165) is 38.8 Å². The summed E-state index contributed by atoms with van der Waals surface area (Å²) in [6, 6.07) is 0.259. The second kappa shape index (κ2) is 7.62. The van der Waals surface area contributed by atoms with Gasteiger partial charge in [-0.1, -0.05) is 5.21 Å². The van der Waals surface area contributed by atoms with E-state index < -0.39 is 0 Å². The van der Waals surface area contributed by atoms with Crippen molar-refractivity contribution in [1.82, 2.24) is 29.8 Å². The van der Waals surface area contributed by atoms with Gasteiger partial charge in [-0.2, -0.15) is 0 Å². The van der Waals surface area contributed by atoms with Crippen molar-refractivity contribution in [3.8, 4) is 0 Å². The number of piperidine rings is 1. The molecule has 4 rings (SSSR count). The Morgan fingerprint density at radius 2 is 1.96 bits per heavy atom. The average Bonchev–Trinajstić information content (AvgIpc) is 3.40. The minimum atomic E-state index is -0.0618. The van der Waals surface area contributed by atoms with Gasteiger partial charge in [-0.05, 0) is 44.9 Å². The Labute approximate surface area is 168 Å². The fourth-order valence-electron chi connectivity index (χ4n) is 4.51. The normalized spacial score (nSPS) is 20.8. The van der Waals surface area contributed by atoms with Crippen LogP contribution in [-0.2, 0) is 0 Å². The quantitative estimate of drug-likeness (QED) is 0.767. The summed E-state index contributed by atoms with van der Waals surface area (Å²) in [6.07, 6.45) is 5.89. The number of rotatable bonds is 5. The molecule has 0 bridgehead atoms. The van der Waals surface area contributed by atoms with E-state index in [2.05, 4.69) is 15.3 Å². The van der Waals surface area contributed by atoms with Gasteiger partial charge in [0.2, 0.25) is 0 Å². The van der Waals surface area contributed by atoms with Crippen molar-refractivity contribution in [3.05, 3.63) is 28.5 Å². The maximum atomic E-state index is 12.5. The topological polar surface area (TPSA) is 84.2 Å². The van der Waals surface area contributed by atoms with E-state index in [4.69, 9.17) is 0 Å². The van der Waals surface area contributed by atoms with E-state index >= 15 is 0 Å². The summed E-state index contributed by atoms with van der Waals surface area (Å²) in [5.74, 6) is -0.0341. The molecular weight excluding hydrogens is 376 g/mol. The lowest BCUT2D eigenvalue weighted by molar-refractivity contribution is -0.0269. The van der Waals surface area contributed by atoms with Gasteiger partial charge < -0.3 is 9.80 Å².